The van der Waals surface area contributed by atoms with Gasteiger partial charge >= 0.3 is 0 Å². The molecular formula is C21H28FN3O. The van der Waals surface area contributed by atoms with Crippen LogP contribution in [-0.2, 0) is 4.79 Å². The molecule has 1 aliphatic carbocycles. The summed E-state index contributed by atoms with van der Waals surface area (Å²) in [5.41, 5.74) is 7.94. The normalized spacial score (nSPS) is 39.0. The molecular weight excluding hydrogens is 329 g/mol. The predicted molar refractivity (Wildman–Crippen MR) is 97.8 cm³/mol. The summed E-state index contributed by atoms with van der Waals surface area (Å²) in [5, 5.41) is 0. The topological polar surface area (TPSA) is 44.4 Å². The molecule has 2 N–H and O–H groups in total. The highest BCUT2D eigenvalue weighted by molar-refractivity contribution is 5.83. The van der Waals surface area contributed by atoms with Crippen LogP contribution >= 0.6 is 0 Å². The van der Waals surface area contributed by atoms with Crippen molar-refractivity contribution >= 4 is 5.91 Å². The van der Waals surface area contributed by atoms with Crippen molar-refractivity contribution in [3.63, 3.8) is 0 Å². The fraction of sp³-hybridized carbons (Fsp3) is 0.667. The van der Waals surface area contributed by atoms with E-state index in [4.69, 9.17) is 0 Å². The molecule has 5 heteroatoms. The van der Waals surface area contributed by atoms with Gasteiger partial charge in [0.05, 0.1) is 0 Å². The first kappa shape index (κ1) is 16.7. The second-order valence-corrected chi connectivity index (χ2v) is 8.67. The van der Waals surface area contributed by atoms with Gasteiger partial charge in [0.2, 0.25) is 5.91 Å². The molecule has 0 aromatic heterocycles. The molecule has 1 aromatic rings. The Balaban J connectivity index is 1.31. The number of hydrogen-bond donors (Lipinski definition) is 2. The monoisotopic (exact) mass is 357 g/mol. The Bertz CT molecular complexity index is 664. The Labute approximate surface area is 154 Å². The second-order valence-electron chi connectivity index (χ2n) is 8.67. The van der Waals surface area contributed by atoms with Gasteiger partial charge in [-0.25, -0.2) is 9.82 Å². The summed E-state index contributed by atoms with van der Waals surface area (Å²) in [4.78, 5) is 15.6. The Hall–Kier alpha value is -1.46. The van der Waals surface area contributed by atoms with Gasteiger partial charge in [-0.15, -0.1) is 0 Å². The van der Waals surface area contributed by atoms with Gasteiger partial charge in [0.1, 0.15) is 11.9 Å². The fourth-order valence-electron chi connectivity index (χ4n) is 5.99. The average molecular weight is 357 g/mol. The number of halogens is 1. The molecule has 5 unspecified atom stereocenters. The number of rotatable bonds is 2. The van der Waals surface area contributed by atoms with Crippen LogP contribution in [0.4, 0.5) is 4.39 Å². The van der Waals surface area contributed by atoms with Crippen molar-refractivity contribution in [2.24, 2.45) is 5.92 Å². The van der Waals surface area contributed by atoms with Crippen LogP contribution in [0, 0.1) is 11.7 Å². The number of carbonyl (C=O) groups is 1. The third kappa shape index (κ3) is 2.76. The maximum absolute atomic E-state index is 13.4. The Morgan fingerprint density at radius 2 is 1.65 bits per heavy atom. The van der Waals surface area contributed by atoms with E-state index >= 15 is 0 Å². The van der Waals surface area contributed by atoms with Crippen molar-refractivity contribution in [1.82, 2.24) is 15.8 Å². The quantitative estimate of drug-likeness (QED) is 0.855. The summed E-state index contributed by atoms with van der Waals surface area (Å²) < 4.78 is 13.2. The maximum atomic E-state index is 13.4. The molecule has 5 rings (SSSR count). The third-order valence-electron chi connectivity index (χ3n) is 7.27. The number of fused-ring (bicyclic) bond motifs is 3. The molecule has 4 nitrogen and oxygen atoms in total. The summed E-state index contributed by atoms with van der Waals surface area (Å²) in [5.74, 6) is 1.04. The molecule has 4 fully saturated rings. The highest BCUT2D eigenvalue weighted by Crippen LogP contribution is 2.44. The number of piperidine rings is 1. The van der Waals surface area contributed by atoms with E-state index in [-0.39, 0.29) is 11.9 Å². The van der Waals surface area contributed by atoms with E-state index in [1.807, 2.05) is 12.1 Å². The largest absolute Gasteiger partial charge is 0.335 e. The average Bonchev–Trinajstić information content (AvgIpc) is 3.20. The molecule has 3 saturated heterocycles. The molecule has 0 spiro atoms. The third-order valence-corrected chi connectivity index (χ3v) is 7.27. The lowest BCUT2D eigenvalue weighted by molar-refractivity contribution is -0.139. The van der Waals surface area contributed by atoms with Crippen LogP contribution in [0.3, 0.4) is 0 Å². The van der Waals surface area contributed by atoms with Crippen molar-refractivity contribution in [2.45, 2.75) is 81.5 Å². The van der Waals surface area contributed by atoms with Crippen LogP contribution in [-0.4, -0.2) is 35.0 Å². The SMILES string of the molecule is O=C(C1NNC2CCCCC21)N1C2CCC1CC(c1ccc(F)cc1)C2. The molecule has 2 bridgehead atoms. The second kappa shape index (κ2) is 6.61. The highest BCUT2D eigenvalue weighted by Gasteiger charge is 2.49. The van der Waals surface area contributed by atoms with Crippen molar-refractivity contribution in [2.75, 3.05) is 0 Å². The van der Waals surface area contributed by atoms with Gasteiger partial charge in [-0.05, 0) is 62.1 Å². The number of carbonyl (C=O) groups excluding carboxylic acids is 1. The van der Waals surface area contributed by atoms with E-state index in [9.17, 15) is 9.18 Å². The summed E-state index contributed by atoms with van der Waals surface area (Å²) in [6.07, 6.45) is 9.11. The number of hydrazine groups is 1. The zero-order valence-corrected chi connectivity index (χ0v) is 15.2. The van der Waals surface area contributed by atoms with E-state index in [0.29, 0.717) is 35.9 Å². The maximum Gasteiger partial charge on any atom is 0.241 e. The molecule has 3 aliphatic heterocycles. The number of benzene rings is 1. The summed E-state index contributed by atoms with van der Waals surface area (Å²) >= 11 is 0. The van der Waals surface area contributed by atoms with E-state index < -0.39 is 0 Å². The van der Waals surface area contributed by atoms with Crippen molar-refractivity contribution in [3.8, 4) is 0 Å². The lowest BCUT2D eigenvalue weighted by atomic mass is 9.80. The minimum atomic E-state index is -0.175. The zero-order valence-electron chi connectivity index (χ0n) is 15.2. The minimum Gasteiger partial charge on any atom is -0.335 e. The van der Waals surface area contributed by atoms with Gasteiger partial charge in [0, 0.05) is 24.0 Å². The van der Waals surface area contributed by atoms with Crippen LogP contribution in [0.5, 0.6) is 0 Å². The Morgan fingerprint density at radius 1 is 0.962 bits per heavy atom. The highest BCUT2D eigenvalue weighted by atomic mass is 19.1. The van der Waals surface area contributed by atoms with Gasteiger partial charge < -0.3 is 4.90 Å². The summed E-state index contributed by atoms with van der Waals surface area (Å²) in [6.45, 7) is 0. The van der Waals surface area contributed by atoms with Gasteiger partial charge in [-0.1, -0.05) is 25.0 Å². The summed E-state index contributed by atoms with van der Waals surface area (Å²) in [7, 11) is 0. The van der Waals surface area contributed by atoms with Crippen LogP contribution in [0.1, 0.15) is 62.8 Å². The molecule has 1 amide bonds. The van der Waals surface area contributed by atoms with Gasteiger partial charge in [0.15, 0.2) is 0 Å². The first-order chi connectivity index (χ1) is 12.7. The van der Waals surface area contributed by atoms with Crippen molar-refractivity contribution < 1.29 is 9.18 Å². The van der Waals surface area contributed by atoms with Crippen LogP contribution in [0.15, 0.2) is 24.3 Å². The molecule has 5 atom stereocenters. The van der Waals surface area contributed by atoms with Crippen LogP contribution in [0.25, 0.3) is 0 Å². The molecule has 3 heterocycles. The van der Waals surface area contributed by atoms with Crippen LogP contribution < -0.4 is 10.9 Å². The number of nitrogens with one attached hydrogen (secondary N) is 2. The van der Waals surface area contributed by atoms with Gasteiger partial charge in [0.25, 0.3) is 0 Å². The zero-order chi connectivity index (χ0) is 17.7. The number of hydrogen-bond acceptors (Lipinski definition) is 3. The minimum absolute atomic E-state index is 0.0502. The molecule has 26 heavy (non-hydrogen) atoms. The molecule has 140 valence electrons. The fourth-order valence-corrected chi connectivity index (χ4v) is 5.99. The van der Waals surface area contributed by atoms with E-state index in [0.717, 1.165) is 32.1 Å². The van der Waals surface area contributed by atoms with E-state index in [2.05, 4.69) is 15.8 Å². The predicted octanol–water partition coefficient (Wildman–Crippen LogP) is 3.10. The smallest absolute Gasteiger partial charge is 0.241 e. The standard InChI is InChI=1S/C21H28FN3O/c22-15-7-5-13(6-8-15)14-11-16-9-10-17(12-14)25(16)21(26)20-18-3-1-2-4-19(18)23-24-20/h5-8,14,16-20,23-24H,1-4,9-12H2. The first-order valence-electron chi connectivity index (χ1n) is 10.3. The Kier molecular flexibility index (Phi) is 4.24. The molecule has 0 radical (unpaired) electrons. The lowest BCUT2D eigenvalue weighted by Gasteiger charge is -2.41. The molecule has 1 saturated carbocycles. The summed E-state index contributed by atoms with van der Waals surface area (Å²) in [6, 6.07) is 8.08. The number of amides is 1. The van der Waals surface area contributed by atoms with E-state index in [1.165, 1.54) is 24.8 Å². The number of nitrogens with zero attached hydrogens (tertiary/aromatic N) is 1. The molecule has 4 aliphatic rings. The first-order valence-corrected chi connectivity index (χ1v) is 10.3. The van der Waals surface area contributed by atoms with Crippen LogP contribution in [0.2, 0.25) is 0 Å². The van der Waals surface area contributed by atoms with Gasteiger partial charge in [-0.3, -0.25) is 10.2 Å². The van der Waals surface area contributed by atoms with E-state index in [1.54, 1.807) is 12.1 Å². The molecule has 1 aromatic carbocycles. The lowest BCUT2D eigenvalue weighted by Crippen LogP contribution is -2.54. The van der Waals surface area contributed by atoms with Crippen molar-refractivity contribution in [3.05, 3.63) is 35.6 Å². The van der Waals surface area contributed by atoms with Crippen molar-refractivity contribution in [1.29, 1.82) is 0 Å². The Morgan fingerprint density at radius 3 is 2.38 bits per heavy atom. The van der Waals surface area contributed by atoms with Gasteiger partial charge in [-0.2, -0.15) is 0 Å².